The van der Waals surface area contributed by atoms with E-state index in [-0.39, 0.29) is 17.6 Å². The Morgan fingerprint density at radius 1 is 1.29 bits per heavy atom. The maximum absolute atomic E-state index is 8.71. The summed E-state index contributed by atoms with van der Waals surface area (Å²) in [6.07, 6.45) is 7.58. The van der Waals surface area contributed by atoms with Crippen LogP contribution in [0.1, 0.15) is 6.92 Å². The number of hydrogen-bond donors (Lipinski definition) is 0. The third-order valence-corrected chi connectivity index (χ3v) is 2.60. The molecule has 2 aliphatic rings. The average Bonchev–Trinajstić information content (AvgIpc) is 2.72. The molecule has 0 atom stereocenters. The third kappa shape index (κ3) is 1.59. The molecule has 0 aromatic rings. The number of rotatable bonds is 1. The number of allylic oxidation sites excluding steroid dienone is 2. The van der Waals surface area contributed by atoms with Gasteiger partial charge in [-0.25, -0.2) is 0 Å². The Balaban J connectivity index is 2.12. The normalized spacial score (nSPS) is 37.3. The molecule has 1 aliphatic heterocycles. The Morgan fingerprint density at radius 3 is 2.36 bits per heavy atom. The first-order chi connectivity index (χ1) is 6.74. The molecule has 0 radical (unpaired) electrons. The second-order valence-corrected chi connectivity index (χ2v) is 3.81. The molecule has 0 unspecified atom stereocenters. The van der Waals surface area contributed by atoms with Crippen LogP contribution in [0.5, 0.6) is 0 Å². The molecule has 0 aromatic carbocycles. The number of nitriles is 1. The van der Waals surface area contributed by atoms with Crippen molar-refractivity contribution in [2.45, 2.75) is 13.2 Å². The van der Waals surface area contributed by atoms with Crippen LogP contribution in [0.15, 0.2) is 24.3 Å². The van der Waals surface area contributed by atoms with Crippen molar-refractivity contribution in [1.82, 2.24) is 0 Å². The summed E-state index contributed by atoms with van der Waals surface area (Å²) in [5.41, 5.74) is -0.218. The van der Waals surface area contributed by atoms with Crippen LogP contribution in [0.2, 0.25) is 0 Å². The van der Waals surface area contributed by atoms with Crippen molar-refractivity contribution in [3.8, 4) is 6.07 Å². The zero-order valence-corrected chi connectivity index (χ0v) is 8.14. The van der Waals surface area contributed by atoms with E-state index in [1.54, 1.807) is 0 Å². The van der Waals surface area contributed by atoms with Crippen LogP contribution < -0.4 is 0 Å². The zero-order chi connectivity index (χ0) is 10.0. The highest BCUT2D eigenvalue weighted by Crippen LogP contribution is 2.34. The van der Waals surface area contributed by atoms with Crippen molar-refractivity contribution in [3.05, 3.63) is 24.3 Å². The van der Waals surface area contributed by atoms with Crippen LogP contribution in [0, 0.1) is 22.7 Å². The predicted octanol–water partition coefficient (Wildman–Crippen LogP) is 1.63. The SMILES string of the molecule is CC1(C2OCCO2)C=CC(C#N)C=C1. The molecule has 1 fully saturated rings. The fraction of sp³-hybridized carbons (Fsp3) is 0.545. The number of ether oxygens (including phenoxy) is 2. The Bertz CT molecular complexity index is 294. The van der Waals surface area contributed by atoms with Crippen molar-refractivity contribution >= 4 is 0 Å². The second-order valence-electron chi connectivity index (χ2n) is 3.81. The molecular formula is C11H13NO2. The van der Waals surface area contributed by atoms with Crippen molar-refractivity contribution in [2.75, 3.05) is 13.2 Å². The standard InChI is InChI=1S/C11H13NO2/c1-11(10-13-6-7-14-10)4-2-9(8-12)3-5-11/h2-5,9-10H,6-7H2,1H3. The highest BCUT2D eigenvalue weighted by molar-refractivity contribution is 5.24. The largest absolute Gasteiger partial charge is 0.349 e. The fourth-order valence-corrected chi connectivity index (χ4v) is 1.70. The fourth-order valence-electron chi connectivity index (χ4n) is 1.70. The van der Waals surface area contributed by atoms with Crippen LogP contribution in [0.3, 0.4) is 0 Å². The van der Waals surface area contributed by atoms with E-state index in [9.17, 15) is 0 Å². The van der Waals surface area contributed by atoms with E-state index in [2.05, 4.69) is 6.07 Å². The molecular weight excluding hydrogens is 178 g/mol. The molecule has 1 aliphatic carbocycles. The van der Waals surface area contributed by atoms with Gasteiger partial charge < -0.3 is 9.47 Å². The maximum Gasteiger partial charge on any atom is 0.169 e. The van der Waals surface area contributed by atoms with Gasteiger partial charge in [0.25, 0.3) is 0 Å². The molecule has 0 amide bonds. The molecule has 14 heavy (non-hydrogen) atoms. The summed E-state index contributed by atoms with van der Waals surface area (Å²) < 4.78 is 10.9. The van der Waals surface area contributed by atoms with E-state index in [4.69, 9.17) is 14.7 Å². The van der Waals surface area contributed by atoms with Gasteiger partial charge in [-0.3, -0.25) is 0 Å². The summed E-state index contributed by atoms with van der Waals surface area (Å²) in [6, 6.07) is 2.18. The summed E-state index contributed by atoms with van der Waals surface area (Å²) in [5.74, 6) is -0.107. The Morgan fingerprint density at radius 2 is 1.86 bits per heavy atom. The van der Waals surface area contributed by atoms with Gasteiger partial charge in [0.05, 0.1) is 30.6 Å². The minimum atomic E-state index is -0.218. The lowest BCUT2D eigenvalue weighted by atomic mass is 9.83. The Labute approximate surface area is 83.6 Å². The van der Waals surface area contributed by atoms with Crippen LogP contribution in [-0.2, 0) is 9.47 Å². The predicted molar refractivity (Wildman–Crippen MR) is 51.2 cm³/mol. The summed E-state index contributed by atoms with van der Waals surface area (Å²) in [4.78, 5) is 0. The molecule has 3 heteroatoms. The van der Waals surface area contributed by atoms with Crippen molar-refractivity contribution < 1.29 is 9.47 Å². The van der Waals surface area contributed by atoms with Crippen molar-refractivity contribution in [1.29, 1.82) is 5.26 Å². The van der Waals surface area contributed by atoms with E-state index in [1.165, 1.54) is 0 Å². The molecule has 0 saturated carbocycles. The molecule has 2 rings (SSSR count). The molecule has 0 bridgehead atoms. The lowest BCUT2D eigenvalue weighted by molar-refractivity contribution is -0.0913. The van der Waals surface area contributed by atoms with Crippen LogP contribution in [0.4, 0.5) is 0 Å². The summed E-state index contributed by atoms with van der Waals surface area (Å²) >= 11 is 0. The molecule has 1 saturated heterocycles. The van der Waals surface area contributed by atoms with E-state index >= 15 is 0 Å². The number of nitrogens with zero attached hydrogens (tertiary/aromatic N) is 1. The molecule has 1 heterocycles. The highest BCUT2D eigenvalue weighted by atomic mass is 16.7. The lowest BCUT2D eigenvalue weighted by Crippen LogP contribution is -2.31. The van der Waals surface area contributed by atoms with Gasteiger partial charge in [-0.15, -0.1) is 0 Å². The summed E-state index contributed by atoms with van der Waals surface area (Å²) in [7, 11) is 0. The van der Waals surface area contributed by atoms with E-state index in [0.717, 1.165) is 0 Å². The van der Waals surface area contributed by atoms with Crippen LogP contribution in [0.25, 0.3) is 0 Å². The van der Waals surface area contributed by atoms with Gasteiger partial charge in [-0.2, -0.15) is 5.26 Å². The minimum Gasteiger partial charge on any atom is -0.349 e. The van der Waals surface area contributed by atoms with Crippen molar-refractivity contribution in [3.63, 3.8) is 0 Å². The van der Waals surface area contributed by atoms with E-state index in [1.807, 2.05) is 31.2 Å². The third-order valence-electron chi connectivity index (χ3n) is 2.60. The molecule has 0 spiro atoms. The van der Waals surface area contributed by atoms with Gasteiger partial charge in [0.15, 0.2) is 6.29 Å². The molecule has 74 valence electrons. The highest BCUT2D eigenvalue weighted by Gasteiger charge is 2.35. The first kappa shape index (κ1) is 9.45. The quantitative estimate of drug-likeness (QED) is 0.591. The summed E-state index contributed by atoms with van der Waals surface area (Å²) in [6.45, 7) is 3.36. The van der Waals surface area contributed by atoms with Crippen LogP contribution in [-0.4, -0.2) is 19.5 Å². The molecule has 3 nitrogen and oxygen atoms in total. The first-order valence-corrected chi connectivity index (χ1v) is 4.76. The maximum atomic E-state index is 8.71. The molecule has 0 aromatic heterocycles. The monoisotopic (exact) mass is 191 g/mol. The van der Waals surface area contributed by atoms with Gasteiger partial charge in [0.2, 0.25) is 0 Å². The van der Waals surface area contributed by atoms with Gasteiger partial charge in [-0.1, -0.05) is 24.3 Å². The first-order valence-electron chi connectivity index (χ1n) is 4.76. The zero-order valence-electron chi connectivity index (χ0n) is 8.14. The second kappa shape index (κ2) is 3.56. The Hall–Kier alpha value is -1.11. The lowest BCUT2D eigenvalue weighted by Gasteiger charge is -2.29. The van der Waals surface area contributed by atoms with Gasteiger partial charge in [0.1, 0.15) is 0 Å². The summed E-state index contributed by atoms with van der Waals surface area (Å²) in [5, 5.41) is 8.71. The number of hydrogen-bond acceptors (Lipinski definition) is 3. The minimum absolute atomic E-state index is 0.107. The molecule has 0 N–H and O–H groups in total. The Kier molecular flexibility index (Phi) is 2.40. The van der Waals surface area contributed by atoms with Gasteiger partial charge >= 0.3 is 0 Å². The van der Waals surface area contributed by atoms with Gasteiger partial charge in [0, 0.05) is 0 Å². The van der Waals surface area contributed by atoms with E-state index < -0.39 is 0 Å². The van der Waals surface area contributed by atoms with Crippen LogP contribution >= 0.6 is 0 Å². The van der Waals surface area contributed by atoms with Gasteiger partial charge in [-0.05, 0) is 6.92 Å². The smallest absolute Gasteiger partial charge is 0.169 e. The van der Waals surface area contributed by atoms with E-state index in [0.29, 0.717) is 13.2 Å². The average molecular weight is 191 g/mol. The topological polar surface area (TPSA) is 42.2 Å². The van der Waals surface area contributed by atoms with Crippen molar-refractivity contribution in [2.24, 2.45) is 11.3 Å².